The molecular weight excluding hydrogens is 306 g/mol. The van der Waals surface area contributed by atoms with Crippen LogP contribution < -0.4 is 10.6 Å². The van der Waals surface area contributed by atoms with Crippen LogP contribution in [0.4, 0.5) is 14.5 Å². The number of rotatable bonds is 4. The molecule has 2 N–H and O–H groups in total. The van der Waals surface area contributed by atoms with Crippen molar-refractivity contribution in [2.75, 3.05) is 5.32 Å². The summed E-state index contributed by atoms with van der Waals surface area (Å²) in [5.41, 5.74) is 0.0988. The van der Waals surface area contributed by atoms with Crippen LogP contribution in [0.25, 0.3) is 0 Å². The fourth-order valence-electron chi connectivity index (χ4n) is 1.49. The molecule has 0 aromatic heterocycles. The summed E-state index contributed by atoms with van der Waals surface area (Å²) >= 11 is 2.98. The first-order valence-electron chi connectivity index (χ1n) is 5.69. The Labute approximate surface area is 112 Å². The van der Waals surface area contributed by atoms with Crippen molar-refractivity contribution < 1.29 is 13.6 Å². The average molecular weight is 319 g/mol. The predicted octanol–water partition coefficient (Wildman–Crippen LogP) is 2.81. The second kappa shape index (κ2) is 5.22. The molecule has 3 nitrogen and oxygen atoms in total. The largest absolute Gasteiger partial charge is 0.371 e. The van der Waals surface area contributed by atoms with Gasteiger partial charge in [-0.2, -0.15) is 0 Å². The monoisotopic (exact) mass is 318 g/mol. The lowest BCUT2D eigenvalue weighted by Gasteiger charge is -2.16. The summed E-state index contributed by atoms with van der Waals surface area (Å²) in [5.74, 6) is -1.58. The molecule has 18 heavy (non-hydrogen) atoms. The molecule has 1 aliphatic carbocycles. The lowest BCUT2D eigenvalue weighted by Crippen LogP contribution is -2.38. The Morgan fingerprint density at radius 1 is 1.39 bits per heavy atom. The molecule has 1 atom stereocenters. The molecule has 1 aliphatic rings. The van der Waals surface area contributed by atoms with Crippen LogP contribution in [0.2, 0.25) is 0 Å². The fourth-order valence-corrected chi connectivity index (χ4v) is 1.83. The molecule has 1 fully saturated rings. The second-order valence-corrected chi connectivity index (χ2v) is 5.25. The standard InChI is InChI=1S/C12H13BrF2N2O/c1-6(12(18)17-7-2-3-7)16-11-4-8(13)9(14)5-10(11)15/h4-7,16H,2-3H2,1H3,(H,17,18). The molecule has 1 amide bonds. The quantitative estimate of drug-likeness (QED) is 0.838. The Kier molecular flexibility index (Phi) is 3.85. The summed E-state index contributed by atoms with van der Waals surface area (Å²) in [5, 5.41) is 5.54. The van der Waals surface area contributed by atoms with E-state index in [4.69, 9.17) is 0 Å². The Hall–Kier alpha value is -1.17. The Morgan fingerprint density at radius 2 is 2.06 bits per heavy atom. The smallest absolute Gasteiger partial charge is 0.242 e. The molecule has 1 aromatic rings. The van der Waals surface area contributed by atoms with Gasteiger partial charge in [0.15, 0.2) is 0 Å². The second-order valence-electron chi connectivity index (χ2n) is 4.40. The van der Waals surface area contributed by atoms with Crippen LogP contribution in [0.5, 0.6) is 0 Å². The zero-order valence-electron chi connectivity index (χ0n) is 9.77. The highest BCUT2D eigenvalue weighted by Gasteiger charge is 2.25. The predicted molar refractivity (Wildman–Crippen MR) is 68.3 cm³/mol. The van der Waals surface area contributed by atoms with Gasteiger partial charge in [-0.25, -0.2) is 8.78 Å². The number of hydrogen-bond donors (Lipinski definition) is 2. The topological polar surface area (TPSA) is 41.1 Å². The number of hydrogen-bond acceptors (Lipinski definition) is 2. The van der Waals surface area contributed by atoms with Crippen molar-refractivity contribution in [2.45, 2.75) is 31.8 Å². The lowest BCUT2D eigenvalue weighted by molar-refractivity contribution is -0.121. The van der Waals surface area contributed by atoms with Crippen molar-refractivity contribution in [3.63, 3.8) is 0 Å². The summed E-state index contributed by atoms with van der Waals surface area (Å²) in [6.45, 7) is 1.63. The number of carbonyl (C=O) groups is 1. The minimum absolute atomic E-state index is 0.0988. The van der Waals surface area contributed by atoms with E-state index in [0.29, 0.717) is 0 Å². The summed E-state index contributed by atoms with van der Waals surface area (Å²) in [6.07, 6.45) is 1.99. The lowest BCUT2D eigenvalue weighted by atomic mass is 10.2. The van der Waals surface area contributed by atoms with E-state index in [2.05, 4.69) is 26.6 Å². The van der Waals surface area contributed by atoms with Crippen molar-refractivity contribution in [1.29, 1.82) is 0 Å². The Morgan fingerprint density at radius 3 is 2.67 bits per heavy atom. The highest BCUT2D eigenvalue weighted by atomic mass is 79.9. The normalized spacial score (nSPS) is 16.2. The third-order valence-electron chi connectivity index (χ3n) is 2.70. The number of halogens is 3. The molecule has 1 saturated carbocycles. The molecule has 1 aromatic carbocycles. The van der Waals surface area contributed by atoms with Gasteiger partial charge in [0.05, 0.1) is 10.2 Å². The highest BCUT2D eigenvalue weighted by molar-refractivity contribution is 9.10. The number of amides is 1. The van der Waals surface area contributed by atoms with Crippen molar-refractivity contribution in [3.8, 4) is 0 Å². The molecule has 0 bridgehead atoms. The van der Waals surface area contributed by atoms with Gasteiger partial charge in [0.1, 0.15) is 17.7 Å². The van der Waals surface area contributed by atoms with E-state index in [9.17, 15) is 13.6 Å². The molecular formula is C12H13BrF2N2O. The first-order chi connectivity index (χ1) is 8.47. The SMILES string of the molecule is CC(Nc1cc(Br)c(F)cc1F)C(=O)NC1CC1. The van der Waals surface area contributed by atoms with Gasteiger partial charge in [-0.3, -0.25) is 4.79 Å². The first-order valence-corrected chi connectivity index (χ1v) is 6.48. The molecule has 6 heteroatoms. The van der Waals surface area contributed by atoms with Crippen molar-refractivity contribution >= 4 is 27.5 Å². The molecule has 0 saturated heterocycles. The van der Waals surface area contributed by atoms with Crippen LogP contribution in [0.3, 0.4) is 0 Å². The van der Waals surface area contributed by atoms with Gasteiger partial charge >= 0.3 is 0 Å². The van der Waals surface area contributed by atoms with Crippen LogP contribution in [-0.4, -0.2) is 18.0 Å². The van der Waals surface area contributed by atoms with Gasteiger partial charge in [-0.15, -0.1) is 0 Å². The molecule has 0 spiro atoms. The maximum absolute atomic E-state index is 13.5. The van der Waals surface area contributed by atoms with Crippen LogP contribution in [0, 0.1) is 11.6 Å². The third-order valence-corrected chi connectivity index (χ3v) is 3.31. The maximum atomic E-state index is 13.5. The van der Waals surface area contributed by atoms with Crippen molar-refractivity contribution in [1.82, 2.24) is 5.32 Å². The van der Waals surface area contributed by atoms with E-state index in [1.165, 1.54) is 6.07 Å². The molecule has 2 rings (SSSR count). The zero-order valence-corrected chi connectivity index (χ0v) is 11.4. The molecule has 0 radical (unpaired) electrons. The molecule has 0 aliphatic heterocycles. The zero-order chi connectivity index (χ0) is 13.3. The minimum Gasteiger partial charge on any atom is -0.371 e. The van der Waals surface area contributed by atoms with Gasteiger partial charge in [0.2, 0.25) is 5.91 Å². The van der Waals surface area contributed by atoms with E-state index < -0.39 is 17.7 Å². The molecule has 98 valence electrons. The third kappa shape index (κ3) is 3.19. The van der Waals surface area contributed by atoms with E-state index in [0.717, 1.165) is 18.9 Å². The first kappa shape index (κ1) is 13.3. The van der Waals surface area contributed by atoms with Gasteiger partial charge in [0.25, 0.3) is 0 Å². The van der Waals surface area contributed by atoms with Gasteiger partial charge in [-0.05, 0) is 41.8 Å². The summed E-state index contributed by atoms with van der Waals surface area (Å²) in [4.78, 5) is 11.7. The summed E-state index contributed by atoms with van der Waals surface area (Å²) in [7, 11) is 0. The van der Waals surface area contributed by atoms with Gasteiger partial charge in [-0.1, -0.05) is 0 Å². The number of nitrogens with one attached hydrogen (secondary N) is 2. The van der Waals surface area contributed by atoms with Gasteiger partial charge < -0.3 is 10.6 Å². The summed E-state index contributed by atoms with van der Waals surface area (Å²) in [6, 6.07) is 1.74. The van der Waals surface area contributed by atoms with Crippen LogP contribution in [0.15, 0.2) is 16.6 Å². The summed E-state index contributed by atoms with van der Waals surface area (Å²) < 4.78 is 26.7. The Bertz CT molecular complexity index is 477. The van der Waals surface area contributed by atoms with E-state index in [-0.39, 0.29) is 22.1 Å². The minimum atomic E-state index is -0.721. The maximum Gasteiger partial charge on any atom is 0.242 e. The van der Waals surface area contributed by atoms with Crippen LogP contribution >= 0.6 is 15.9 Å². The fraction of sp³-hybridized carbons (Fsp3) is 0.417. The Balaban J connectivity index is 2.03. The van der Waals surface area contributed by atoms with E-state index in [1.54, 1.807) is 6.92 Å². The van der Waals surface area contributed by atoms with E-state index >= 15 is 0 Å². The highest BCUT2D eigenvalue weighted by Crippen LogP contribution is 2.24. The van der Waals surface area contributed by atoms with Gasteiger partial charge in [0, 0.05) is 12.1 Å². The molecule has 0 heterocycles. The van der Waals surface area contributed by atoms with Crippen LogP contribution in [0.1, 0.15) is 19.8 Å². The molecule has 1 unspecified atom stereocenters. The number of anilines is 1. The van der Waals surface area contributed by atoms with E-state index in [1.807, 2.05) is 0 Å². The van der Waals surface area contributed by atoms with Crippen LogP contribution in [-0.2, 0) is 4.79 Å². The van der Waals surface area contributed by atoms with Crippen molar-refractivity contribution in [3.05, 3.63) is 28.2 Å². The number of benzene rings is 1. The van der Waals surface area contributed by atoms with Crippen molar-refractivity contribution in [2.24, 2.45) is 0 Å². The average Bonchev–Trinajstić information content (AvgIpc) is 3.09. The number of carbonyl (C=O) groups excluding carboxylic acids is 1.